The quantitative estimate of drug-likeness (QED) is 0.0567. The minimum atomic E-state index is -0.697. The van der Waals surface area contributed by atoms with Gasteiger partial charge in [0.2, 0.25) is 0 Å². The van der Waals surface area contributed by atoms with Crippen molar-refractivity contribution in [2.24, 2.45) is 0 Å². The Hall–Kier alpha value is -1.06. The van der Waals surface area contributed by atoms with Crippen molar-refractivity contribution in [2.75, 3.05) is 0 Å². The zero-order valence-corrected chi connectivity index (χ0v) is 29.3. The normalized spacial score (nSPS) is 12.0. The van der Waals surface area contributed by atoms with E-state index < -0.39 is 5.97 Å². The van der Waals surface area contributed by atoms with Gasteiger partial charge in [-0.05, 0) is 38.5 Å². The number of aliphatic carboxylic acids is 1. The van der Waals surface area contributed by atoms with Gasteiger partial charge < -0.3 is 9.84 Å². The third-order valence-electron chi connectivity index (χ3n) is 9.08. The van der Waals surface area contributed by atoms with Crippen LogP contribution in [0.4, 0.5) is 0 Å². The molecule has 1 unspecified atom stereocenters. The molecule has 0 spiro atoms. The molecule has 0 aromatic rings. The molecule has 0 fully saturated rings. The van der Waals surface area contributed by atoms with Gasteiger partial charge in [0, 0.05) is 12.8 Å². The van der Waals surface area contributed by atoms with E-state index in [1.165, 1.54) is 141 Å². The molecule has 0 aliphatic rings. The maximum Gasteiger partial charge on any atom is 0.306 e. The zero-order valence-electron chi connectivity index (χ0n) is 29.3. The number of carbonyl (C=O) groups excluding carboxylic acids is 1. The number of carboxylic acids is 1. The topological polar surface area (TPSA) is 63.6 Å². The highest BCUT2D eigenvalue weighted by molar-refractivity contribution is 5.69. The van der Waals surface area contributed by atoms with Crippen molar-refractivity contribution in [3.05, 3.63) is 0 Å². The zero-order chi connectivity index (χ0) is 31.5. The molecule has 4 heteroatoms. The molecule has 0 bridgehead atoms. The lowest BCUT2D eigenvalue weighted by Gasteiger charge is -2.18. The van der Waals surface area contributed by atoms with Crippen LogP contribution in [-0.2, 0) is 14.3 Å². The Labute approximate surface area is 269 Å². The van der Waals surface area contributed by atoms with Crippen LogP contribution in [0, 0.1) is 0 Å². The molecule has 0 amide bonds. The van der Waals surface area contributed by atoms with Crippen molar-refractivity contribution < 1.29 is 19.4 Å². The van der Waals surface area contributed by atoms with E-state index in [0.29, 0.717) is 6.42 Å². The van der Waals surface area contributed by atoms with E-state index in [2.05, 4.69) is 13.8 Å². The standard InChI is InChI=1S/C39H76O4/c1-3-5-7-9-11-13-14-15-16-17-18-19-20-21-23-28-32-36-39(42)43-37(33-29-25-22-12-10-8-6-4-2)34-30-26-24-27-31-35-38(40)41/h37H,3-36H2,1-2H3,(H,40,41). The summed E-state index contributed by atoms with van der Waals surface area (Å²) < 4.78 is 5.98. The first-order chi connectivity index (χ1) is 21.1. The van der Waals surface area contributed by atoms with E-state index in [4.69, 9.17) is 9.84 Å². The maximum absolute atomic E-state index is 12.6. The van der Waals surface area contributed by atoms with E-state index in [9.17, 15) is 9.59 Å². The molecule has 0 aliphatic carbocycles. The van der Waals surface area contributed by atoms with Crippen LogP contribution in [0.2, 0.25) is 0 Å². The number of rotatable bonds is 36. The van der Waals surface area contributed by atoms with E-state index >= 15 is 0 Å². The summed E-state index contributed by atoms with van der Waals surface area (Å²) in [6, 6.07) is 0. The summed E-state index contributed by atoms with van der Waals surface area (Å²) in [5, 5.41) is 8.79. The fourth-order valence-electron chi connectivity index (χ4n) is 6.19. The molecule has 0 rings (SSSR count). The average Bonchev–Trinajstić information content (AvgIpc) is 2.99. The molecule has 1 N–H and O–H groups in total. The fraction of sp³-hybridized carbons (Fsp3) is 0.949. The summed E-state index contributed by atoms with van der Waals surface area (Å²) >= 11 is 0. The Bertz CT molecular complexity index is 576. The highest BCUT2D eigenvalue weighted by atomic mass is 16.5. The molecule has 0 aromatic heterocycles. The molecule has 1 atom stereocenters. The highest BCUT2D eigenvalue weighted by Gasteiger charge is 2.14. The summed E-state index contributed by atoms with van der Waals surface area (Å²) in [6.45, 7) is 4.55. The molecule has 0 aliphatic heterocycles. The van der Waals surface area contributed by atoms with Gasteiger partial charge in [0.1, 0.15) is 6.10 Å². The Kier molecular flexibility index (Phi) is 34.5. The minimum absolute atomic E-state index is 0.00647. The lowest BCUT2D eigenvalue weighted by atomic mass is 10.0. The molecule has 0 saturated heterocycles. The van der Waals surface area contributed by atoms with Gasteiger partial charge in [0.05, 0.1) is 0 Å². The van der Waals surface area contributed by atoms with E-state index in [-0.39, 0.29) is 18.5 Å². The predicted octanol–water partition coefficient (Wildman–Crippen LogP) is 13.3. The van der Waals surface area contributed by atoms with Crippen molar-refractivity contribution in [3.63, 3.8) is 0 Å². The molecule has 0 aromatic carbocycles. The van der Waals surface area contributed by atoms with Crippen molar-refractivity contribution in [3.8, 4) is 0 Å². The second-order valence-electron chi connectivity index (χ2n) is 13.5. The van der Waals surface area contributed by atoms with E-state index in [0.717, 1.165) is 64.2 Å². The third kappa shape index (κ3) is 35.3. The summed E-state index contributed by atoms with van der Waals surface area (Å²) in [7, 11) is 0. The number of unbranched alkanes of at least 4 members (excludes halogenated alkanes) is 27. The number of esters is 1. The third-order valence-corrected chi connectivity index (χ3v) is 9.08. The number of ether oxygens (including phenoxy) is 1. The van der Waals surface area contributed by atoms with Gasteiger partial charge in [-0.2, -0.15) is 0 Å². The van der Waals surface area contributed by atoms with Crippen LogP contribution in [-0.4, -0.2) is 23.1 Å². The molecule has 0 saturated carbocycles. The smallest absolute Gasteiger partial charge is 0.306 e. The lowest BCUT2D eigenvalue weighted by molar-refractivity contribution is -0.150. The SMILES string of the molecule is CCCCCCCCCCCCCCCCCCCC(=O)OC(CCCCCCCCCC)CCCCCCCC(=O)O. The number of carbonyl (C=O) groups is 2. The average molecular weight is 609 g/mol. The molecular weight excluding hydrogens is 532 g/mol. The molecule has 0 heterocycles. The number of hydrogen-bond acceptors (Lipinski definition) is 3. The van der Waals surface area contributed by atoms with Crippen molar-refractivity contribution >= 4 is 11.9 Å². The Morgan fingerprint density at radius 3 is 1.02 bits per heavy atom. The van der Waals surface area contributed by atoms with Gasteiger partial charge in [-0.15, -0.1) is 0 Å². The highest BCUT2D eigenvalue weighted by Crippen LogP contribution is 2.19. The summed E-state index contributed by atoms with van der Waals surface area (Å²) in [5.41, 5.74) is 0. The monoisotopic (exact) mass is 609 g/mol. The predicted molar refractivity (Wildman–Crippen MR) is 186 cm³/mol. The van der Waals surface area contributed by atoms with Crippen LogP contribution >= 0.6 is 0 Å². The van der Waals surface area contributed by atoms with Crippen LogP contribution in [0.3, 0.4) is 0 Å². The van der Waals surface area contributed by atoms with Gasteiger partial charge in [-0.1, -0.05) is 181 Å². The summed E-state index contributed by atoms with van der Waals surface area (Å²) in [4.78, 5) is 23.3. The van der Waals surface area contributed by atoms with Gasteiger partial charge in [-0.3, -0.25) is 9.59 Å². The first-order valence-electron chi connectivity index (χ1n) is 19.5. The Balaban J connectivity index is 3.86. The molecular formula is C39H76O4. The number of carboxylic acid groups (broad SMARTS) is 1. The molecule has 43 heavy (non-hydrogen) atoms. The Morgan fingerprint density at radius 1 is 0.419 bits per heavy atom. The van der Waals surface area contributed by atoms with E-state index in [1.54, 1.807) is 0 Å². The summed E-state index contributed by atoms with van der Waals surface area (Å²) in [5.74, 6) is -0.691. The molecule has 0 radical (unpaired) electrons. The maximum atomic E-state index is 12.6. The first-order valence-corrected chi connectivity index (χ1v) is 19.5. The van der Waals surface area contributed by atoms with Crippen molar-refractivity contribution in [2.45, 2.75) is 238 Å². The fourth-order valence-corrected chi connectivity index (χ4v) is 6.19. The Morgan fingerprint density at radius 2 is 0.698 bits per heavy atom. The minimum Gasteiger partial charge on any atom is -0.481 e. The molecule has 256 valence electrons. The van der Waals surface area contributed by atoms with Crippen LogP contribution in [0.15, 0.2) is 0 Å². The van der Waals surface area contributed by atoms with Gasteiger partial charge in [0.15, 0.2) is 0 Å². The number of hydrogen-bond donors (Lipinski definition) is 1. The van der Waals surface area contributed by atoms with Gasteiger partial charge in [-0.25, -0.2) is 0 Å². The van der Waals surface area contributed by atoms with Crippen LogP contribution in [0.5, 0.6) is 0 Å². The van der Waals surface area contributed by atoms with Crippen LogP contribution in [0.1, 0.15) is 232 Å². The molecule has 4 nitrogen and oxygen atoms in total. The van der Waals surface area contributed by atoms with Gasteiger partial charge in [0.25, 0.3) is 0 Å². The summed E-state index contributed by atoms with van der Waals surface area (Å²) in [6.07, 6.45) is 41.2. The lowest BCUT2D eigenvalue weighted by Crippen LogP contribution is -2.18. The largest absolute Gasteiger partial charge is 0.481 e. The first kappa shape index (κ1) is 41.9. The van der Waals surface area contributed by atoms with Crippen LogP contribution < -0.4 is 0 Å². The van der Waals surface area contributed by atoms with Crippen molar-refractivity contribution in [1.82, 2.24) is 0 Å². The van der Waals surface area contributed by atoms with E-state index in [1.807, 2.05) is 0 Å². The second kappa shape index (κ2) is 35.4. The van der Waals surface area contributed by atoms with Crippen LogP contribution in [0.25, 0.3) is 0 Å². The van der Waals surface area contributed by atoms with Crippen molar-refractivity contribution in [1.29, 1.82) is 0 Å². The second-order valence-corrected chi connectivity index (χ2v) is 13.5. The van der Waals surface area contributed by atoms with Gasteiger partial charge >= 0.3 is 11.9 Å².